The topological polar surface area (TPSA) is 58.0 Å². The van der Waals surface area contributed by atoms with Gasteiger partial charge in [-0.1, -0.05) is 26.0 Å². The van der Waals surface area contributed by atoms with Crippen LogP contribution in [-0.2, 0) is 6.61 Å². The molecule has 0 bridgehead atoms. The quantitative estimate of drug-likeness (QED) is 0.867. The molecule has 0 aliphatic rings. The Bertz CT molecular complexity index is 509. The Morgan fingerprint density at radius 3 is 2.50 bits per heavy atom. The summed E-state index contributed by atoms with van der Waals surface area (Å²) in [5.74, 6) is 1.63. The summed E-state index contributed by atoms with van der Waals surface area (Å²) in [7, 11) is 0. The number of anilines is 2. The molecule has 0 aliphatic carbocycles. The first-order valence-electron chi connectivity index (χ1n) is 5.99. The lowest BCUT2D eigenvalue weighted by Crippen LogP contribution is -1.99. The van der Waals surface area contributed by atoms with E-state index >= 15 is 0 Å². The van der Waals surface area contributed by atoms with Gasteiger partial charge in [-0.25, -0.2) is 9.97 Å². The number of aliphatic hydroxyl groups is 1. The van der Waals surface area contributed by atoms with Crippen molar-refractivity contribution < 1.29 is 5.11 Å². The van der Waals surface area contributed by atoms with Crippen LogP contribution in [0.1, 0.15) is 31.2 Å². The Morgan fingerprint density at radius 2 is 1.89 bits per heavy atom. The summed E-state index contributed by atoms with van der Waals surface area (Å²) < 4.78 is 0. The molecule has 2 N–H and O–H groups in total. The Morgan fingerprint density at radius 1 is 1.17 bits per heavy atom. The molecule has 0 saturated carbocycles. The average molecular weight is 243 g/mol. The summed E-state index contributed by atoms with van der Waals surface area (Å²) in [4.78, 5) is 8.11. The molecule has 4 heteroatoms. The summed E-state index contributed by atoms with van der Waals surface area (Å²) >= 11 is 0. The predicted octanol–water partition coefficient (Wildman–Crippen LogP) is 2.84. The molecule has 18 heavy (non-hydrogen) atoms. The highest BCUT2D eigenvalue weighted by Gasteiger charge is 2.01. The molecule has 0 radical (unpaired) electrons. The molecule has 4 nitrogen and oxygen atoms in total. The number of rotatable bonds is 4. The van der Waals surface area contributed by atoms with Crippen LogP contribution in [0.3, 0.4) is 0 Å². The van der Waals surface area contributed by atoms with Crippen molar-refractivity contribution in [2.45, 2.75) is 26.4 Å². The third-order valence-electron chi connectivity index (χ3n) is 2.70. The maximum atomic E-state index is 8.97. The molecule has 2 rings (SSSR count). The van der Waals surface area contributed by atoms with E-state index in [1.807, 2.05) is 12.1 Å². The van der Waals surface area contributed by atoms with E-state index in [1.54, 1.807) is 12.3 Å². The second kappa shape index (κ2) is 5.60. The van der Waals surface area contributed by atoms with E-state index in [0.29, 0.717) is 17.6 Å². The third kappa shape index (κ3) is 3.05. The normalized spacial score (nSPS) is 10.7. The van der Waals surface area contributed by atoms with Gasteiger partial charge in [0, 0.05) is 11.9 Å². The van der Waals surface area contributed by atoms with Gasteiger partial charge in [0.25, 0.3) is 0 Å². The number of hydrogen-bond donors (Lipinski definition) is 2. The lowest BCUT2D eigenvalue weighted by molar-refractivity contribution is 0.271. The highest BCUT2D eigenvalue weighted by atomic mass is 16.3. The van der Waals surface area contributed by atoms with Crippen LogP contribution in [-0.4, -0.2) is 15.1 Å². The van der Waals surface area contributed by atoms with E-state index in [0.717, 1.165) is 5.69 Å². The predicted molar refractivity (Wildman–Crippen MR) is 71.8 cm³/mol. The standard InChI is InChI=1S/C14H17N3O/c1-10(2)11-3-5-12(6-4-11)16-13-7-8-15-14(9-18)17-13/h3-8,10,18H,9H2,1-2H3,(H,15,16,17). The van der Waals surface area contributed by atoms with Crippen molar-refractivity contribution in [2.75, 3.05) is 5.32 Å². The molecular formula is C14H17N3O. The Balaban J connectivity index is 2.13. The van der Waals surface area contributed by atoms with Crippen molar-refractivity contribution in [2.24, 2.45) is 0 Å². The van der Waals surface area contributed by atoms with Crippen molar-refractivity contribution in [1.82, 2.24) is 9.97 Å². The van der Waals surface area contributed by atoms with E-state index in [4.69, 9.17) is 5.11 Å². The van der Waals surface area contributed by atoms with Crippen LogP contribution in [0.15, 0.2) is 36.5 Å². The van der Waals surface area contributed by atoms with Crippen molar-refractivity contribution >= 4 is 11.5 Å². The van der Waals surface area contributed by atoms with Crippen LogP contribution >= 0.6 is 0 Å². The van der Waals surface area contributed by atoms with Gasteiger partial charge in [-0.05, 0) is 29.7 Å². The molecule has 0 saturated heterocycles. The fourth-order valence-corrected chi connectivity index (χ4v) is 1.64. The van der Waals surface area contributed by atoms with Crippen molar-refractivity contribution in [1.29, 1.82) is 0 Å². The Hall–Kier alpha value is -1.94. The monoisotopic (exact) mass is 243 g/mol. The number of hydrogen-bond acceptors (Lipinski definition) is 4. The lowest BCUT2D eigenvalue weighted by Gasteiger charge is -2.09. The molecule has 0 spiro atoms. The van der Waals surface area contributed by atoms with Gasteiger partial charge >= 0.3 is 0 Å². The average Bonchev–Trinajstić information content (AvgIpc) is 2.39. The summed E-state index contributed by atoms with van der Waals surface area (Å²) in [6, 6.07) is 10.0. The van der Waals surface area contributed by atoms with Crippen LogP contribution in [0.25, 0.3) is 0 Å². The molecule has 0 atom stereocenters. The van der Waals surface area contributed by atoms with Gasteiger partial charge in [-0.2, -0.15) is 0 Å². The minimum Gasteiger partial charge on any atom is -0.388 e. The summed E-state index contributed by atoms with van der Waals surface area (Å²) in [6.07, 6.45) is 1.63. The fourth-order valence-electron chi connectivity index (χ4n) is 1.64. The highest BCUT2D eigenvalue weighted by molar-refractivity contribution is 5.56. The van der Waals surface area contributed by atoms with Gasteiger partial charge < -0.3 is 10.4 Å². The minimum absolute atomic E-state index is 0.151. The maximum absolute atomic E-state index is 8.97. The Labute approximate surface area is 107 Å². The number of nitrogens with zero attached hydrogens (tertiary/aromatic N) is 2. The van der Waals surface area contributed by atoms with Crippen LogP contribution in [0.2, 0.25) is 0 Å². The van der Waals surface area contributed by atoms with E-state index in [9.17, 15) is 0 Å². The summed E-state index contributed by atoms with van der Waals surface area (Å²) in [5, 5.41) is 12.2. The molecule has 1 aromatic carbocycles. The van der Waals surface area contributed by atoms with Crippen LogP contribution in [0, 0.1) is 0 Å². The molecule has 0 fully saturated rings. The van der Waals surface area contributed by atoms with Gasteiger partial charge in [-0.15, -0.1) is 0 Å². The molecule has 2 aromatic rings. The molecular weight excluding hydrogens is 226 g/mol. The van der Waals surface area contributed by atoms with Crippen molar-refractivity contribution in [3.63, 3.8) is 0 Å². The highest BCUT2D eigenvalue weighted by Crippen LogP contribution is 2.19. The first-order chi connectivity index (χ1) is 8.69. The number of nitrogens with one attached hydrogen (secondary N) is 1. The van der Waals surface area contributed by atoms with Gasteiger partial charge in [-0.3, -0.25) is 0 Å². The summed E-state index contributed by atoms with van der Waals surface area (Å²) in [6.45, 7) is 4.18. The fraction of sp³-hybridized carbons (Fsp3) is 0.286. The molecule has 1 heterocycles. The smallest absolute Gasteiger partial charge is 0.156 e. The van der Waals surface area contributed by atoms with Gasteiger partial charge in [0.2, 0.25) is 0 Å². The zero-order chi connectivity index (χ0) is 13.0. The third-order valence-corrected chi connectivity index (χ3v) is 2.70. The SMILES string of the molecule is CC(C)c1ccc(Nc2ccnc(CO)n2)cc1. The zero-order valence-corrected chi connectivity index (χ0v) is 10.6. The molecule has 1 aromatic heterocycles. The van der Waals surface area contributed by atoms with Gasteiger partial charge in [0.05, 0.1) is 0 Å². The number of benzene rings is 1. The van der Waals surface area contributed by atoms with Gasteiger partial charge in [0.15, 0.2) is 5.82 Å². The number of aliphatic hydroxyl groups excluding tert-OH is 1. The van der Waals surface area contributed by atoms with Crippen LogP contribution in [0.4, 0.5) is 11.5 Å². The van der Waals surface area contributed by atoms with E-state index in [2.05, 4.69) is 41.3 Å². The maximum Gasteiger partial charge on any atom is 0.156 e. The first-order valence-corrected chi connectivity index (χ1v) is 5.99. The Kier molecular flexibility index (Phi) is 3.89. The molecule has 94 valence electrons. The number of aromatic nitrogens is 2. The minimum atomic E-state index is -0.151. The van der Waals surface area contributed by atoms with E-state index in [1.165, 1.54) is 5.56 Å². The van der Waals surface area contributed by atoms with Crippen molar-refractivity contribution in [3.8, 4) is 0 Å². The second-order valence-corrected chi connectivity index (χ2v) is 4.42. The second-order valence-electron chi connectivity index (χ2n) is 4.42. The molecule has 0 aliphatic heterocycles. The lowest BCUT2D eigenvalue weighted by atomic mass is 10.0. The van der Waals surface area contributed by atoms with E-state index in [-0.39, 0.29) is 6.61 Å². The summed E-state index contributed by atoms with van der Waals surface area (Å²) in [5.41, 5.74) is 2.28. The largest absolute Gasteiger partial charge is 0.388 e. The van der Waals surface area contributed by atoms with Gasteiger partial charge in [0.1, 0.15) is 12.4 Å². The van der Waals surface area contributed by atoms with Crippen molar-refractivity contribution in [3.05, 3.63) is 47.9 Å². The molecule has 0 amide bonds. The van der Waals surface area contributed by atoms with E-state index < -0.39 is 0 Å². The first kappa shape index (κ1) is 12.5. The van der Waals surface area contributed by atoms with Crippen LogP contribution in [0.5, 0.6) is 0 Å². The zero-order valence-electron chi connectivity index (χ0n) is 10.6. The van der Waals surface area contributed by atoms with Crippen LogP contribution < -0.4 is 5.32 Å². The molecule has 0 unspecified atom stereocenters.